The Morgan fingerprint density at radius 1 is 1.31 bits per heavy atom. The lowest BCUT2D eigenvalue weighted by Gasteiger charge is -2.15. The molecule has 0 spiro atoms. The number of nitrogens with one attached hydrogen (secondary N) is 1. The van der Waals surface area contributed by atoms with E-state index in [1.165, 1.54) is 23.3 Å². The summed E-state index contributed by atoms with van der Waals surface area (Å²) in [4.78, 5) is 45.5. The number of aromatic nitrogens is 3. The molecule has 0 bridgehead atoms. The second-order valence-electron chi connectivity index (χ2n) is 6.92. The van der Waals surface area contributed by atoms with Gasteiger partial charge in [0.1, 0.15) is 0 Å². The average molecular weight is 410 g/mol. The lowest BCUT2D eigenvalue weighted by molar-refractivity contribution is 0.0988. The molecule has 2 aromatic heterocycles. The fourth-order valence-electron chi connectivity index (χ4n) is 3.47. The van der Waals surface area contributed by atoms with Crippen molar-refractivity contribution in [3.05, 3.63) is 69.8 Å². The Labute approximate surface area is 173 Å². The first-order valence-corrected chi connectivity index (χ1v) is 10.2. The van der Waals surface area contributed by atoms with E-state index in [2.05, 4.69) is 16.5 Å². The number of benzene rings is 1. The lowest BCUT2D eigenvalue weighted by atomic mass is 10.0. The average Bonchev–Trinajstić information content (AvgIpc) is 2.98. The highest BCUT2D eigenvalue weighted by Gasteiger charge is 2.25. The maximum atomic E-state index is 13.1. The molecule has 3 aromatic rings. The number of hydrogen-bond acceptors (Lipinski definition) is 5. The van der Waals surface area contributed by atoms with E-state index in [0.717, 1.165) is 0 Å². The minimum absolute atomic E-state index is 0.0772. The molecule has 150 valence electrons. The highest BCUT2D eigenvalue weighted by Crippen LogP contribution is 2.27. The summed E-state index contributed by atoms with van der Waals surface area (Å²) in [6.45, 7) is 10.8. The van der Waals surface area contributed by atoms with E-state index in [-0.39, 0.29) is 17.1 Å². The van der Waals surface area contributed by atoms with Crippen LogP contribution >= 0.6 is 11.8 Å². The molecule has 7 heteroatoms. The first kappa shape index (κ1) is 20.8. The summed E-state index contributed by atoms with van der Waals surface area (Å²) in [6, 6.07) is 7.14. The Bertz CT molecular complexity index is 1190. The zero-order valence-electron chi connectivity index (χ0n) is 16.9. The van der Waals surface area contributed by atoms with Crippen LogP contribution in [0.15, 0.2) is 46.9 Å². The van der Waals surface area contributed by atoms with Gasteiger partial charge < -0.3 is 4.98 Å². The van der Waals surface area contributed by atoms with Crippen LogP contribution in [0.2, 0.25) is 0 Å². The van der Waals surface area contributed by atoms with Gasteiger partial charge in [-0.2, -0.15) is 0 Å². The molecular formula is C22H23N3O3S. The maximum Gasteiger partial charge on any atom is 0.262 e. The third-order valence-corrected chi connectivity index (χ3v) is 5.92. The van der Waals surface area contributed by atoms with Gasteiger partial charge in [0.25, 0.3) is 5.56 Å². The second kappa shape index (κ2) is 8.21. The second-order valence-corrected chi connectivity index (χ2v) is 8.23. The van der Waals surface area contributed by atoms with E-state index in [0.29, 0.717) is 45.1 Å². The summed E-state index contributed by atoms with van der Waals surface area (Å²) in [5, 5.41) is 0.484. The first-order chi connectivity index (χ1) is 13.8. The van der Waals surface area contributed by atoms with Gasteiger partial charge in [-0.25, -0.2) is 4.98 Å². The molecule has 0 aliphatic carbocycles. The molecule has 0 amide bonds. The molecule has 0 fully saturated rings. The quantitative estimate of drug-likeness (QED) is 0.275. The molecule has 2 heterocycles. The monoisotopic (exact) mass is 409 g/mol. The number of nitrogens with zero attached hydrogens (tertiary/aromatic N) is 2. The SMILES string of the molecule is C=CCn1c(SC(C)C(=O)c2[nH]c(C)c(C(C)=O)c2C)nc2ccccc2c1=O. The maximum absolute atomic E-state index is 13.1. The van der Waals surface area contributed by atoms with E-state index >= 15 is 0 Å². The van der Waals surface area contributed by atoms with Crippen LogP contribution in [0.4, 0.5) is 0 Å². The van der Waals surface area contributed by atoms with Gasteiger partial charge in [0.05, 0.1) is 21.8 Å². The predicted molar refractivity (Wildman–Crippen MR) is 116 cm³/mol. The van der Waals surface area contributed by atoms with E-state index in [1.54, 1.807) is 45.0 Å². The summed E-state index contributed by atoms with van der Waals surface area (Å²) in [6.07, 6.45) is 1.63. The number of carbonyl (C=O) groups is 2. The topological polar surface area (TPSA) is 84.8 Å². The van der Waals surface area contributed by atoms with E-state index in [1.807, 2.05) is 6.07 Å². The van der Waals surface area contributed by atoms with Crippen LogP contribution in [0, 0.1) is 13.8 Å². The third-order valence-electron chi connectivity index (χ3n) is 4.83. The van der Waals surface area contributed by atoms with Crippen LogP contribution in [0.25, 0.3) is 10.9 Å². The third kappa shape index (κ3) is 3.82. The van der Waals surface area contributed by atoms with Crippen molar-refractivity contribution in [2.45, 2.75) is 44.6 Å². The number of para-hydroxylation sites is 1. The van der Waals surface area contributed by atoms with Crippen molar-refractivity contribution < 1.29 is 9.59 Å². The normalized spacial score (nSPS) is 12.1. The largest absolute Gasteiger partial charge is 0.355 e. The van der Waals surface area contributed by atoms with Gasteiger partial charge in [0, 0.05) is 17.8 Å². The number of H-pyrrole nitrogens is 1. The zero-order chi connectivity index (χ0) is 21.3. The van der Waals surface area contributed by atoms with Crippen molar-refractivity contribution in [2.75, 3.05) is 0 Å². The van der Waals surface area contributed by atoms with Gasteiger partial charge >= 0.3 is 0 Å². The molecule has 0 saturated heterocycles. The Balaban J connectivity index is 2.00. The first-order valence-electron chi connectivity index (χ1n) is 9.27. The Hall–Kier alpha value is -2.93. The number of carbonyl (C=O) groups excluding carboxylic acids is 2. The molecular weight excluding hydrogens is 386 g/mol. The Morgan fingerprint density at radius 3 is 2.62 bits per heavy atom. The molecule has 6 nitrogen and oxygen atoms in total. The molecule has 1 atom stereocenters. The van der Waals surface area contributed by atoms with Crippen LogP contribution in [0.3, 0.4) is 0 Å². The highest BCUT2D eigenvalue weighted by molar-refractivity contribution is 8.00. The van der Waals surface area contributed by atoms with Gasteiger partial charge in [-0.1, -0.05) is 30.0 Å². The van der Waals surface area contributed by atoms with Gasteiger partial charge in [0.2, 0.25) is 0 Å². The molecule has 0 radical (unpaired) electrons. The number of rotatable bonds is 7. The summed E-state index contributed by atoms with van der Waals surface area (Å²) < 4.78 is 1.53. The summed E-state index contributed by atoms with van der Waals surface area (Å²) >= 11 is 1.22. The highest BCUT2D eigenvalue weighted by atomic mass is 32.2. The number of ketones is 2. The van der Waals surface area contributed by atoms with Crippen molar-refractivity contribution in [3.63, 3.8) is 0 Å². The van der Waals surface area contributed by atoms with Crippen molar-refractivity contribution >= 4 is 34.2 Å². The summed E-state index contributed by atoms with van der Waals surface area (Å²) in [5.74, 6) is -0.220. The number of allylic oxidation sites excluding steroid dienone is 1. The minimum Gasteiger partial charge on any atom is -0.355 e. The summed E-state index contributed by atoms with van der Waals surface area (Å²) in [5.41, 5.74) is 2.74. The summed E-state index contributed by atoms with van der Waals surface area (Å²) in [7, 11) is 0. The van der Waals surface area contributed by atoms with Crippen LogP contribution in [-0.2, 0) is 6.54 Å². The molecule has 0 saturated carbocycles. The fraction of sp³-hybridized carbons (Fsp3) is 0.273. The van der Waals surface area contributed by atoms with E-state index in [4.69, 9.17) is 0 Å². The molecule has 0 aliphatic rings. The predicted octanol–water partition coefficient (Wildman–Crippen LogP) is 4.09. The van der Waals surface area contributed by atoms with Crippen LogP contribution in [0.5, 0.6) is 0 Å². The number of hydrogen-bond donors (Lipinski definition) is 1. The van der Waals surface area contributed by atoms with Gasteiger partial charge in [0.15, 0.2) is 16.7 Å². The van der Waals surface area contributed by atoms with Gasteiger partial charge in [-0.15, -0.1) is 6.58 Å². The number of thioether (sulfide) groups is 1. The number of fused-ring (bicyclic) bond motifs is 1. The Kier molecular flexibility index (Phi) is 5.88. The lowest BCUT2D eigenvalue weighted by Crippen LogP contribution is -2.24. The molecule has 1 N–H and O–H groups in total. The molecule has 3 rings (SSSR count). The fourth-order valence-corrected chi connectivity index (χ4v) is 4.44. The van der Waals surface area contributed by atoms with Crippen molar-refractivity contribution in [2.24, 2.45) is 0 Å². The van der Waals surface area contributed by atoms with Crippen molar-refractivity contribution in [1.82, 2.24) is 14.5 Å². The van der Waals surface area contributed by atoms with E-state index in [9.17, 15) is 14.4 Å². The van der Waals surface area contributed by atoms with Crippen LogP contribution in [0.1, 0.15) is 46.0 Å². The van der Waals surface area contributed by atoms with Crippen LogP contribution < -0.4 is 5.56 Å². The van der Waals surface area contributed by atoms with Gasteiger partial charge in [-0.05, 0) is 45.4 Å². The number of aryl methyl sites for hydroxylation is 1. The van der Waals surface area contributed by atoms with Crippen LogP contribution in [-0.4, -0.2) is 31.4 Å². The molecule has 1 aromatic carbocycles. The van der Waals surface area contributed by atoms with Crippen molar-refractivity contribution in [1.29, 1.82) is 0 Å². The van der Waals surface area contributed by atoms with E-state index < -0.39 is 5.25 Å². The Morgan fingerprint density at radius 2 is 2.00 bits per heavy atom. The van der Waals surface area contributed by atoms with Gasteiger partial charge in [-0.3, -0.25) is 19.0 Å². The number of aromatic amines is 1. The minimum atomic E-state index is -0.504. The molecule has 0 aliphatic heterocycles. The number of Topliss-reactive ketones (excluding diaryl/α,β-unsaturated/α-hetero) is 2. The zero-order valence-corrected chi connectivity index (χ0v) is 17.7. The standard InChI is InChI=1S/C22H23N3O3S/c1-6-11-25-21(28)16-9-7-8-10-17(16)24-22(25)29-15(5)20(27)19-12(2)18(14(4)26)13(3)23-19/h6-10,15,23H,1,11H2,2-5H3. The van der Waals surface area contributed by atoms with Crippen molar-refractivity contribution in [3.8, 4) is 0 Å². The molecule has 1 unspecified atom stereocenters. The smallest absolute Gasteiger partial charge is 0.262 e. The molecule has 29 heavy (non-hydrogen) atoms.